The monoisotopic (exact) mass is 205 g/mol. The molecule has 1 aliphatic carbocycles. The normalized spacial score (nSPS) is 39.9. The maximum Gasteiger partial charge on any atom is 0.0167 e. The van der Waals surface area contributed by atoms with Crippen LogP contribution >= 0.6 is 0 Å². The molecule has 4 unspecified atom stereocenters. The number of fused-ring (bicyclic) bond motifs is 2. The second-order valence-electron chi connectivity index (χ2n) is 5.48. The molecule has 1 fully saturated rings. The zero-order chi connectivity index (χ0) is 10.8. The first-order valence-corrected chi connectivity index (χ1v) is 6.21. The summed E-state index contributed by atoms with van der Waals surface area (Å²) in [4.78, 5) is 0. The maximum absolute atomic E-state index is 4.03. The number of hydrogen-bond donors (Lipinski definition) is 1. The van der Waals surface area contributed by atoms with Crippen LogP contribution in [0.25, 0.3) is 0 Å². The Morgan fingerprint density at radius 2 is 2.33 bits per heavy atom. The molecule has 0 amide bonds. The van der Waals surface area contributed by atoms with Crippen molar-refractivity contribution < 1.29 is 0 Å². The van der Waals surface area contributed by atoms with Crippen molar-refractivity contribution in [3.8, 4) is 0 Å². The molecule has 0 saturated carbocycles. The van der Waals surface area contributed by atoms with Gasteiger partial charge in [-0.1, -0.05) is 24.6 Å². The Labute approximate surface area is 93.6 Å². The molecule has 84 valence electrons. The summed E-state index contributed by atoms with van der Waals surface area (Å²) in [5.74, 6) is 2.47. The van der Waals surface area contributed by atoms with Crippen molar-refractivity contribution in [1.29, 1.82) is 0 Å². The van der Waals surface area contributed by atoms with E-state index in [0.29, 0.717) is 6.04 Å². The summed E-state index contributed by atoms with van der Waals surface area (Å²) >= 11 is 0. The lowest BCUT2D eigenvalue weighted by atomic mass is 9.79. The molecule has 0 aromatic carbocycles. The molecule has 1 N–H and O–H groups in total. The first-order valence-electron chi connectivity index (χ1n) is 6.21. The number of piperidine rings is 1. The number of allylic oxidation sites excluding steroid dienone is 1. The van der Waals surface area contributed by atoms with Crippen LogP contribution in [0.15, 0.2) is 24.3 Å². The van der Waals surface area contributed by atoms with Crippen molar-refractivity contribution in [3.05, 3.63) is 24.3 Å². The van der Waals surface area contributed by atoms with Gasteiger partial charge in [0.05, 0.1) is 0 Å². The Balaban J connectivity index is 2.04. The van der Waals surface area contributed by atoms with Gasteiger partial charge in [0.25, 0.3) is 0 Å². The van der Waals surface area contributed by atoms with Gasteiger partial charge >= 0.3 is 0 Å². The quantitative estimate of drug-likeness (QED) is 0.683. The van der Waals surface area contributed by atoms with E-state index in [0.717, 1.165) is 24.2 Å². The van der Waals surface area contributed by atoms with E-state index in [-0.39, 0.29) is 0 Å². The molecular weight excluding hydrogens is 182 g/mol. The first kappa shape index (κ1) is 10.9. The van der Waals surface area contributed by atoms with E-state index in [1.165, 1.54) is 25.0 Å². The lowest BCUT2D eigenvalue weighted by Crippen LogP contribution is -2.45. The average Bonchev–Trinajstić information content (AvgIpc) is 2.32. The number of rotatable bonds is 2. The minimum absolute atomic E-state index is 0.639. The Morgan fingerprint density at radius 1 is 1.53 bits per heavy atom. The standard InChI is InChI=1S/C14H23N/c1-10(2)7-14-12-6-4-5-11(3)13(8-12)9-15-14/h4,6,11-15H,1,5,7-9H2,2-3H3. The molecular formula is C14H23N. The lowest BCUT2D eigenvalue weighted by Gasteiger charge is -2.37. The van der Waals surface area contributed by atoms with Gasteiger partial charge in [-0.2, -0.15) is 0 Å². The number of nitrogens with one attached hydrogen (secondary N) is 1. The molecule has 1 heteroatoms. The van der Waals surface area contributed by atoms with Gasteiger partial charge < -0.3 is 5.32 Å². The van der Waals surface area contributed by atoms with Crippen LogP contribution in [0.2, 0.25) is 0 Å². The first-order chi connectivity index (χ1) is 7.16. The van der Waals surface area contributed by atoms with E-state index >= 15 is 0 Å². The summed E-state index contributed by atoms with van der Waals surface area (Å²) in [7, 11) is 0. The highest BCUT2D eigenvalue weighted by molar-refractivity contribution is 5.06. The van der Waals surface area contributed by atoms with Crippen molar-refractivity contribution in [2.75, 3.05) is 6.54 Å². The van der Waals surface area contributed by atoms with Crippen molar-refractivity contribution in [3.63, 3.8) is 0 Å². The van der Waals surface area contributed by atoms with Gasteiger partial charge in [0.2, 0.25) is 0 Å². The molecule has 1 aliphatic heterocycles. The second-order valence-corrected chi connectivity index (χ2v) is 5.48. The Hall–Kier alpha value is -0.560. The van der Waals surface area contributed by atoms with E-state index in [1.54, 1.807) is 0 Å². The third-order valence-electron chi connectivity index (χ3n) is 4.00. The highest BCUT2D eigenvalue weighted by Crippen LogP contribution is 2.34. The van der Waals surface area contributed by atoms with Gasteiger partial charge in [-0.15, -0.1) is 6.58 Å². The highest BCUT2D eigenvalue weighted by Gasteiger charge is 2.32. The smallest absolute Gasteiger partial charge is 0.0167 e. The molecule has 0 aromatic heterocycles. The van der Waals surface area contributed by atoms with Gasteiger partial charge in [-0.05, 0) is 50.5 Å². The summed E-state index contributed by atoms with van der Waals surface area (Å²) in [6.07, 6.45) is 8.62. The van der Waals surface area contributed by atoms with E-state index in [2.05, 4.69) is 37.9 Å². The van der Waals surface area contributed by atoms with Crippen molar-refractivity contribution in [2.24, 2.45) is 17.8 Å². The van der Waals surface area contributed by atoms with Crippen LogP contribution in [0.5, 0.6) is 0 Å². The summed E-state index contributed by atoms with van der Waals surface area (Å²) < 4.78 is 0. The van der Waals surface area contributed by atoms with E-state index in [1.807, 2.05) is 0 Å². The molecule has 1 saturated heterocycles. The predicted octanol–water partition coefficient (Wildman–Crippen LogP) is 3.14. The number of hydrogen-bond acceptors (Lipinski definition) is 1. The van der Waals surface area contributed by atoms with Crippen LogP contribution in [0.3, 0.4) is 0 Å². The Morgan fingerprint density at radius 3 is 3.07 bits per heavy atom. The minimum atomic E-state index is 0.639. The van der Waals surface area contributed by atoms with Crippen LogP contribution in [0, 0.1) is 17.8 Å². The zero-order valence-corrected chi connectivity index (χ0v) is 10.00. The largest absolute Gasteiger partial charge is 0.313 e. The molecule has 0 spiro atoms. The fourth-order valence-electron chi connectivity index (χ4n) is 2.96. The summed E-state index contributed by atoms with van der Waals surface area (Å²) in [5.41, 5.74) is 1.30. The van der Waals surface area contributed by atoms with Crippen LogP contribution in [-0.2, 0) is 0 Å². The molecule has 0 aromatic rings. The second kappa shape index (κ2) is 4.52. The molecule has 4 atom stereocenters. The lowest BCUT2D eigenvalue weighted by molar-refractivity contribution is 0.209. The SMILES string of the molecule is C=C(C)CC1NCC2CC1C=CCC2C. The minimum Gasteiger partial charge on any atom is -0.313 e. The molecule has 0 radical (unpaired) electrons. The van der Waals surface area contributed by atoms with Crippen LogP contribution in [0.1, 0.15) is 33.1 Å². The van der Waals surface area contributed by atoms with E-state index in [9.17, 15) is 0 Å². The van der Waals surface area contributed by atoms with Crippen molar-refractivity contribution in [1.82, 2.24) is 5.32 Å². The van der Waals surface area contributed by atoms with Gasteiger partial charge in [0.15, 0.2) is 0 Å². The third-order valence-corrected chi connectivity index (χ3v) is 4.00. The van der Waals surface area contributed by atoms with Crippen LogP contribution in [0.4, 0.5) is 0 Å². The van der Waals surface area contributed by atoms with Gasteiger partial charge in [0, 0.05) is 6.04 Å². The molecule has 15 heavy (non-hydrogen) atoms. The molecule has 1 heterocycles. The van der Waals surface area contributed by atoms with Gasteiger partial charge in [-0.3, -0.25) is 0 Å². The molecule has 2 aliphatic rings. The van der Waals surface area contributed by atoms with Crippen molar-refractivity contribution in [2.45, 2.75) is 39.2 Å². The zero-order valence-electron chi connectivity index (χ0n) is 10.00. The maximum atomic E-state index is 4.03. The predicted molar refractivity (Wildman–Crippen MR) is 65.7 cm³/mol. The fourth-order valence-corrected chi connectivity index (χ4v) is 2.96. The average molecular weight is 205 g/mol. The van der Waals surface area contributed by atoms with E-state index < -0.39 is 0 Å². The fraction of sp³-hybridized carbons (Fsp3) is 0.714. The Bertz CT molecular complexity index is 267. The van der Waals surface area contributed by atoms with Crippen LogP contribution < -0.4 is 5.32 Å². The van der Waals surface area contributed by atoms with E-state index in [4.69, 9.17) is 0 Å². The summed E-state index contributed by atoms with van der Waals surface area (Å²) in [5, 5.41) is 3.71. The third kappa shape index (κ3) is 2.52. The molecule has 1 nitrogen and oxygen atoms in total. The van der Waals surface area contributed by atoms with Crippen molar-refractivity contribution >= 4 is 0 Å². The topological polar surface area (TPSA) is 12.0 Å². The van der Waals surface area contributed by atoms with Crippen LogP contribution in [-0.4, -0.2) is 12.6 Å². The summed E-state index contributed by atoms with van der Waals surface area (Å²) in [6, 6.07) is 0.639. The van der Waals surface area contributed by atoms with Gasteiger partial charge in [-0.25, -0.2) is 0 Å². The summed E-state index contributed by atoms with van der Waals surface area (Å²) in [6.45, 7) is 9.76. The highest BCUT2D eigenvalue weighted by atomic mass is 14.9. The van der Waals surface area contributed by atoms with Gasteiger partial charge in [0.1, 0.15) is 0 Å². The molecule has 2 rings (SSSR count). The Kier molecular flexibility index (Phi) is 3.30. The molecule has 2 bridgehead atoms.